The van der Waals surface area contributed by atoms with E-state index in [4.69, 9.17) is 0 Å². The van der Waals surface area contributed by atoms with Crippen LogP contribution in [0.25, 0.3) is 38.4 Å². The van der Waals surface area contributed by atoms with E-state index in [2.05, 4.69) is 114 Å². The summed E-state index contributed by atoms with van der Waals surface area (Å²) in [6.45, 7) is 0. The number of rotatable bonds is 1. The van der Waals surface area contributed by atoms with Crippen LogP contribution in [0.15, 0.2) is 109 Å². The SMILES string of the molecule is C1=C(c2ccccc2)N2c3cc4ccccc4cc3-c3ccc4ccccc4c3C12. The molecule has 0 aromatic heterocycles. The molecule has 30 heavy (non-hydrogen) atoms. The zero-order valence-corrected chi connectivity index (χ0v) is 16.4. The molecule has 140 valence electrons. The Morgan fingerprint density at radius 3 is 2.10 bits per heavy atom. The van der Waals surface area contributed by atoms with E-state index >= 15 is 0 Å². The summed E-state index contributed by atoms with van der Waals surface area (Å²) in [6.07, 6.45) is 2.43. The van der Waals surface area contributed by atoms with Crippen molar-refractivity contribution in [2.24, 2.45) is 0 Å². The van der Waals surface area contributed by atoms with Crippen molar-refractivity contribution < 1.29 is 0 Å². The molecule has 1 atom stereocenters. The fourth-order valence-electron chi connectivity index (χ4n) is 5.20. The Kier molecular flexibility index (Phi) is 3.12. The van der Waals surface area contributed by atoms with Crippen LogP contribution in [0.5, 0.6) is 0 Å². The fraction of sp³-hybridized carbons (Fsp3) is 0.0345. The van der Waals surface area contributed by atoms with Gasteiger partial charge in [-0.05, 0) is 56.4 Å². The van der Waals surface area contributed by atoms with Crippen LogP contribution in [0.3, 0.4) is 0 Å². The molecule has 5 aromatic rings. The van der Waals surface area contributed by atoms with Crippen molar-refractivity contribution >= 4 is 32.9 Å². The number of nitrogens with zero attached hydrogens (tertiary/aromatic N) is 1. The van der Waals surface area contributed by atoms with Crippen molar-refractivity contribution in [3.05, 3.63) is 120 Å². The molecule has 1 heteroatoms. The number of anilines is 1. The van der Waals surface area contributed by atoms with Gasteiger partial charge in [0, 0.05) is 11.3 Å². The summed E-state index contributed by atoms with van der Waals surface area (Å²) in [6, 6.07) is 37.8. The number of benzene rings is 5. The fourth-order valence-corrected chi connectivity index (χ4v) is 5.20. The highest BCUT2D eigenvalue weighted by atomic mass is 15.2. The summed E-state index contributed by atoms with van der Waals surface area (Å²) in [5.74, 6) is 0. The van der Waals surface area contributed by atoms with Gasteiger partial charge in [0.1, 0.15) is 0 Å². The molecule has 0 amide bonds. The van der Waals surface area contributed by atoms with Crippen molar-refractivity contribution in [1.82, 2.24) is 0 Å². The number of hydrogen-bond acceptors (Lipinski definition) is 1. The standard InChI is InChI=1S/C29H19N/c1-2-9-20(10-3-1)26-18-28-29-23-13-7-6-8-19(23)14-15-24(29)25-16-21-11-4-5-12-22(21)17-27(25)30(26)28/h1-18,28H. The third-order valence-corrected chi connectivity index (χ3v) is 6.60. The molecule has 2 heterocycles. The molecule has 0 fully saturated rings. The van der Waals surface area contributed by atoms with Gasteiger partial charge in [0.15, 0.2) is 0 Å². The highest BCUT2D eigenvalue weighted by Gasteiger charge is 2.39. The highest BCUT2D eigenvalue weighted by Crippen LogP contribution is 2.56. The molecule has 1 nitrogen and oxygen atoms in total. The van der Waals surface area contributed by atoms with Crippen molar-refractivity contribution in [3.63, 3.8) is 0 Å². The quantitative estimate of drug-likeness (QED) is 0.289. The van der Waals surface area contributed by atoms with Gasteiger partial charge in [-0.3, -0.25) is 0 Å². The summed E-state index contributed by atoms with van der Waals surface area (Å²) >= 11 is 0. The molecule has 0 bridgehead atoms. The lowest BCUT2D eigenvalue weighted by atomic mass is 9.79. The van der Waals surface area contributed by atoms with E-state index in [0.717, 1.165) is 0 Å². The van der Waals surface area contributed by atoms with Crippen LogP contribution in [0.4, 0.5) is 5.69 Å². The molecular weight excluding hydrogens is 362 g/mol. The van der Waals surface area contributed by atoms with Crippen molar-refractivity contribution in [2.75, 3.05) is 4.90 Å². The van der Waals surface area contributed by atoms with E-state index in [1.807, 2.05) is 0 Å². The van der Waals surface area contributed by atoms with Crippen LogP contribution in [0.1, 0.15) is 17.2 Å². The smallest absolute Gasteiger partial charge is 0.0811 e. The van der Waals surface area contributed by atoms with E-state index in [9.17, 15) is 0 Å². The highest BCUT2D eigenvalue weighted by molar-refractivity contribution is 6.07. The zero-order valence-electron chi connectivity index (χ0n) is 16.4. The van der Waals surface area contributed by atoms with Crippen molar-refractivity contribution in [2.45, 2.75) is 6.04 Å². The summed E-state index contributed by atoms with van der Waals surface area (Å²) in [5, 5.41) is 5.24. The van der Waals surface area contributed by atoms with Gasteiger partial charge in [0.2, 0.25) is 0 Å². The first-order chi connectivity index (χ1) is 14.9. The predicted molar refractivity (Wildman–Crippen MR) is 127 cm³/mol. The van der Waals surface area contributed by atoms with Gasteiger partial charge in [-0.15, -0.1) is 0 Å². The van der Waals surface area contributed by atoms with Crippen molar-refractivity contribution in [1.29, 1.82) is 0 Å². The van der Waals surface area contributed by atoms with Crippen LogP contribution in [0, 0.1) is 0 Å². The first kappa shape index (κ1) is 16.0. The molecule has 0 N–H and O–H groups in total. The monoisotopic (exact) mass is 381 g/mol. The van der Waals surface area contributed by atoms with Gasteiger partial charge in [-0.25, -0.2) is 0 Å². The maximum atomic E-state index is 2.53. The lowest BCUT2D eigenvalue weighted by molar-refractivity contribution is 0.798. The number of hydrogen-bond donors (Lipinski definition) is 0. The van der Waals surface area contributed by atoms with E-state index in [-0.39, 0.29) is 6.04 Å². The van der Waals surface area contributed by atoms with E-state index in [1.54, 1.807) is 0 Å². The Bertz CT molecular complexity index is 1490. The second-order valence-corrected chi connectivity index (χ2v) is 8.20. The molecule has 0 radical (unpaired) electrons. The summed E-state index contributed by atoms with van der Waals surface area (Å²) in [5.41, 5.74) is 8.00. The first-order valence-electron chi connectivity index (χ1n) is 10.5. The molecule has 0 aliphatic carbocycles. The van der Waals surface area contributed by atoms with Gasteiger partial charge in [-0.2, -0.15) is 0 Å². The van der Waals surface area contributed by atoms with Crippen LogP contribution >= 0.6 is 0 Å². The molecule has 1 unspecified atom stereocenters. The largest absolute Gasteiger partial charge is 0.329 e. The predicted octanol–water partition coefficient (Wildman–Crippen LogP) is 7.58. The molecule has 7 rings (SSSR count). The summed E-state index contributed by atoms with van der Waals surface area (Å²) in [4.78, 5) is 2.53. The Morgan fingerprint density at radius 2 is 1.27 bits per heavy atom. The lowest BCUT2D eigenvalue weighted by Crippen LogP contribution is -2.37. The Labute approximate surface area is 175 Å². The zero-order chi connectivity index (χ0) is 19.7. The summed E-state index contributed by atoms with van der Waals surface area (Å²) in [7, 11) is 0. The van der Waals surface area contributed by atoms with Gasteiger partial charge in [0.05, 0.1) is 11.7 Å². The molecule has 0 saturated heterocycles. The minimum absolute atomic E-state index is 0.273. The van der Waals surface area contributed by atoms with Gasteiger partial charge < -0.3 is 4.90 Å². The third kappa shape index (κ3) is 2.07. The van der Waals surface area contributed by atoms with Crippen LogP contribution in [-0.2, 0) is 0 Å². The molecular formula is C29H19N. The van der Waals surface area contributed by atoms with Crippen LogP contribution < -0.4 is 4.90 Å². The average molecular weight is 381 g/mol. The second-order valence-electron chi connectivity index (χ2n) is 8.20. The lowest BCUT2D eigenvalue weighted by Gasteiger charge is -2.47. The first-order valence-corrected chi connectivity index (χ1v) is 10.5. The molecule has 5 aromatic carbocycles. The van der Waals surface area contributed by atoms with E-state index < -0.39 is 0 Å². The Balaban J connectivity index is 1.58. The third-order valence-electron chi connectivity index (χ3n) is 6.60. The van der Waals surface area contributed by atoms with Crippen LogP contribution in [-0.4, -0.2) is 0 Å². The minimum Gasteiger partial charge on any atom is -0.329 e. The van der Waals surface area contributed by atoms with Crippen LogP contribution in [0.2, 0.25) is 0 Å². The minimum atomic E-state index is 0.273. The van der Waals surface area contributed by atoms with Gasteiger partial charge in [-0.1, -0.05) is 91.0 Å². The average Bonchev–Trinajstić information content (AvgIpc) is 2.78. The van der Waals surface area contributed by atoms with E-state index in [1.165, 1.54) is 55.2 Å². The topological polar surface area (TPSA) is 3.24 Å². The summed E-state index contributed by atoms with van der Waals surface area (Å²) < 4.78 is 0. The maximum absolute atomic E-state index is 2.53. The Hall–Kier alpha value is -3.84. The number of fused-ring (bicyclic) bond motifs is 9. The van der Waals surface area contributed by atoms with E-state index in [0.29, 0.717) is 0 Å². The second kappa shape index (κ2) is 5.84. The Morgan fingerprint density at radius 1 is 0.567 bits per heavy atom. The van der Waals surface area contributed by atoms with Gasteiger partial charge >= 0.3 is 0 Å². The normalized spacial score (nSPS) is 16.5. The molecule has 0 saturated carbocycles. The maximum Gasteiger partial charge on any atom is 0.0811 e. The molecule has 2 aliphatic rings. The molecule has 2 aliphatic heterocycles. The van der Waals surface area contributed by atoms with Crippen molar-refractivity contribution in [3.8, 4) is 11.1 Å². The molecule has 0 spiro atoms. The van der Waals surface area contributed by atoms with Gasteiger partial charge in [0.25, 0.3) is 0 Å².